The molecule has 1 aromatic heterocycles. The molecule has 5 nitrogen and oxygen atoms in total. The molecule has 0 saturated carbocycles. The molecule has 146 valence electrons. The van der Waals surface area contributed by atoms with Crippen molar-refractivity contribution < 1.29 is 22.8 Å². The number of carbonyl (C=O) groups is 2. The number of urea groups is 1. The third kappa shape index (κ3) is 3.96. The number of H-pyrrole nitrogens is 1. The number of rotatable bonds is 5. The Morgan fingerprint density at radius 2 is 1.79 bits per heavy atom. The Labute approximate surface area is 162 Å². The summed E-state index contributed by atoms with van der Waals surface area (Å²) >= 11 is 5.91. The molecule has 0 bridgehead atoms. The highest BCUT2D eigenvalue weighted by atomic mass is 35.5. The summed E-state index contributed by atoms with van der Waals surface area (Å²) in [4.78, 5) is 27.7. The number of imide groups is 1. The third-order valence-electron chi connectivity index (χ3n) is 4.33. The first kappa shape index (κ1) is 19.8. The lowest BCUT2D eigenvalue weighted by Gasteiger charge is -2.18. The maximum absolute atomic E-state index is 13.5. The molecule has 0 aliphatic rings. The zero-order valence-corrected chi connectivity index (χ0v) is 15.2. The van der Waals surface area contributed by atoms with Gasteiger partial charge in [0.05, 0.1) is 12.1 Å². The number of aromatic nitrogens is 1. The summed E-state index contributed by atoms with van der Waals surface area (Å²) in [5.41, 5.74) is 6.61. The molecule has 0 saturated heterocycles. The molecular weight excluding hydrogens is 395 g/mol. The van der Waals surface area contributed by atoms with Crippen LogP contribution in [-0.2, 0) is 17.8 Å². The van der Waals surface area contributed by atoms with Gasteiger partial charge in [-0.1, -0.05) is 17.7 Å². The van der Waals surface area contributed by atoms with Crippen molar-refractivity contribution in [3.8, 4) is 0 Å². The minimum absolute atomic E-state index is 0.0489. The molecule has 0 radical (unpaired) electrons. The van der Waals surface area contributed by atoms with Gasteiger partial charge in [0, 0.05) is 18.0 Å². The first-order chi connectivity index (χ1) is 13.3. The summed E-state index contributed by atoms with van der Waals surface area (Å²) in [7, 11) is 0. The van der Waals surface area contributed by atoms with Crippen LogP contribution in [0, 0.1) is 17.5 Å². The third-order valence-corrected chi connectivity index (χ3v) is 4.70. The number of hydrogen-bond donors (Lipinski definition) is 2. The van der Waals surface area contributed by atoms with E-state index in [4.69, 9.17) is 17.3 Å². The van der Waals surface area contributed by atoms with Crippen LogP contribution in [-0.4, -0.2) is 21.8 Å². The van der Waals surface area contributed by atoms with E-state index in [1.54, 1.807) is 12.3 Å². The Balaban J connectivity index is 1.73. The van der Waals surface area contributed by atoms with Crippen LogP contribution in [0.5, 0.6) is 0 Å². The van der Waals surface area contributed by atoms with E-state index >= 15 is 0 Å². The van der Waals surface area contributed by atoms with E-state index in [1.807, 2.05) is 0 Å². The predicted molar refractivity (Wildman–Crippen MR) is 98.1 cm³/mol. The van der Waals surface area contributed by atoms with Crippen LogP contribution in [0.25, 0.3) is 10.9 Å². The van der Waals surface area contributed by atoms with E-state index < -0.39 is 29.4 Å². The number of carbonyl (C=O) groups excluding carboxylic acids is 2. The molecule has 0 spiro atoms. The monoisotopic (exact) mass is 409 g/mol. The number of benzene rings is 2. The molecule has 28 heavy (non-hydrogen) atoms. The first-order valence-corrected chi connectivity index (χ1v) is 8.63. The zero-order valence-electron chi connectivity index (χ0n) is 14.4. The molecule has 0 unspecified atom stereocenters. The highest BCUT2D eigenvalue weighted by Gasteiger charge is 2.20. The number of fused-ring (bicyclic) bond motifs is 1. The van der Waals surface area contributed by atoms with Crippen molar-refractivity contribution in [2.24, 2.45) is 5.73 Å². The molecule has 3 rings (SSSR count). The van der Waals surface area contributed by atoms with E-state index in [9.17, 15) is 22.8 Å². The van der Waals surface area contributed by atoms with E-state index in [-0.39, 0.29) is 30.0 Å². The second-order valence-electron chi connectivity index (χ2n) is 6.16. The van der Waals surface area contributed by atoms with Crippen LogP contribution in [0.15, 0.2) is 36.5 Å². The number of nitrogens with one attached hydrogen (secondary N) is 1. The topological polar surface area (TPSA) is 79.2 Å². The first-order valence-electron chi connectivity index (χ1n) is 8.25. The SMILES string of the molecule is NC(=O)N(Cc1ccc(F)c(F)c1)C(=O)CCc1c[nH]c2c(Cl)c(F)ccc12. The Kier molecular flexibility index (Phi) is 5.60. The smallest absolute Gasteiger partial charge is 0.321 e. The van der Waals surface area contributed by atoms with Crippen LogP contribution in [0.3, 0.4) is 0 Å². The molecule has 0 atom stereocenters. The van der Waals surface area contributed by atoms with Gasteiger partial charge in [0.15, 0.2) is 11.6 Å². The fourth-order valence-electron chi connectivity index (χ4n) is 2.89. The molecule has 0 aliphatic heterocycles. The average Bonchev–Trinajstić information content (AvgIpc) is 3.07. The Morgan fingerprint density at radius 3 is 2.46 bits per heavy atom. The van der Waals surface area contributed by atoms with Crippen molar-refractivity contribution in [3.05, 3.63) is 70.1 Å². The second-order valence-corrected chi connectivity index (χ2v) is 6.54. The van der Waals surface area contributed by atoms with E-state index in [2.05, 4.69) is 4.98 Å². The number of amides is 3. The Hall–Kier alpha value is -3.00. The lowest BCUT2D eigenvalue weighted by atomic mass is 10.1. The van der Waals surface area contributed by atoms with Crippen molar-refractivity contribution >= 4 is 34.4 Å². The number of halogens is 4. The lowest BCUT2D eigenvalue weighted by molar-refractivity contribution is -0.128. The Bertz CT molecular complexity index is 1070. The van der Waals surface area contributed by atoms with Crippen molar-refractivity contribution in [2.75, 3.05) is 0 Å². The van der Waals surface area contributed by atoms with E-state index in [0.29, 0.717) is 16.5 Å². The molecule has 9 heteroatoms. The zero-order chi connectivity index (χ0) is 20.4. The molecule has 1 heterocycles. The van der Waals surface area contributed by atoms with Crippen LogP contribution >= 0.6 is 11.6 Å². The predicted octanol–water partition coefficient (Wildman–Crippen LogP) is 4.28. The van der Waals surface area contributed by atoms with Crippen LogP contribution < -0.4 is 5.73 Å². The summed E-state index contributed by atoms with van der Waals surface area (Å²) in [6, 6.07) is 4.83. The fraction of sp³-hybridized carbons (Fsp3) is 0.158. The van der Waals surface area contributed by atoms with Gasteiger partial charge in [-0.3, -0.25) is 9.69 Å². The van der Waals surface area contributed by atoms with Crippen LogP contribution in [0.2, 0.25) is 5.02 Å². The van der Waals surface area contributed by atoms with Crippen molar-refractivity contribution in [3.63, 3.8) is 0 Å². The van der Waals surface area contributed by atoms with Crippen molar-refractivity contribution in [2.45, 2.75) is 19.4 Å². The molecular formula is C19H15ClF3N3O2. The van der Waals surface area contributed by atoms with Gasteiger partial charge in [0.25, 0.3) is 0 Å². The Morgan fingerprint density at radius 1 is 1.07 bits per heavy atom. The number of aromatic amines is 1. The second kappa shape index (κ2) is 7.93. The number of nitrogens with zero attached hydrogens (tertiary/aromatic N) is 1. The summed E-state index contributed by atoms with van der Waals surface area (Å²) in [6.07, 6.45) is 1.77. The summed E-state index contributed by atoms with van der Waals surface area (Å²) in [6.45, 7) is -0.281. The highest BCUT2D eigenvalue weighted by Crippen LogP contribution is 2.28. The van der Waals surface area contributed by atoms with Crippen molar-refractivity contribution in [1.29, 1.82) is 0 Å². The van der Waals surface area contributed by atoms with Gasteiger partial charge in [0.1, 0.15) is 10.8 Å². The molecule has 3 N–H and O–H groups in total. The van der Waals surface area contributed by atoms with Gasteiger partial charge < -0.3 is 10.7 Å². The van der Waals surface area contributed by atoms with Gasteiger partial charge in [-0.15, -0.1) is 0 Å². The number of aryl methyl sites for hydroxylation is 1. The number of primary amides is 1. The quantitative estimate of drug-likeness (QED) is 0.659. The maximum atomic E-state index is 13.5. The molecule has 3 aromatic rings. The normalized spacial score (nSPS) is 11.0. The maximum Gasteiger partial charge on any atom is 0.321 e. The number of hydrogen-bond acceptors (Lipinski definition) is 2. The summed E-state index contributed by atoms with van der Waals surface area (Å²) < 4.78 is 39.9. The van der Waals surface area contributed by atoms with Crippen LogP contribution in [0.4, 0.5) is 18.0 Å². The lowest BCUT2D eigenvalue weighted by Crippen LogP contribution is -2.40. The van der Waals surface area contributed by atoms with Crippen molar-refractivity contribution in [1.82, 2.24) is 9.88 Å². The van der Waals surface area contributed by atoms with Gasteiger partial charge in [-0.25, -0.2) is 18.0 Å². The minimum Gasteiger partial charge on any atom is -0.360 e. The van der Waals surface area contributed by atoms with Crippen LogP contribution in [0.1, 0.15) is 17.5 Å². The average molecular weight is 410 g/mol. The van der Waals surface area contributed by atoms with E-state index in [1.165, 1.54) is 12.1 Å². The minimum atomic E-state index is -1.09. The van der Waals surface area contributed by atoms with Gasteiger partial charge in [-0.2, -0.15) is 0 Å². The van der Waals surface area contributed by atoms with Gasteiger partial charge >= 0.3 is 6.03 Å². The largest absolute Gasteiger partial charge is 0.360 e. The standard InChI is InChI=1S/C19H15ClF3N3O2/c20-17-14(22)5-3-12-11(8-25-18(12)17)2-6-16(27)26(19(24)28)9-10-1-4-13(21)15(23)7-10/h1,3-5,7-8,25H,2,6,9H2,(H2,24,28). The molecule has 3 amide bonds. The number of nitrogens with two attached hydrogens (primary N) is 1. The van der Waals surface area contributed by atoms with E-state index in [0.717, 1.165) is 17.0 Å². The summed E-state index contributed by atoms with van der Waals surface area (Å²) in [5, 5.41) is 0.609. The fourth-order valence-corrected chi connectivity index (χ4v) is 3.11. The molecule has 0 aliphatic carbocycles. The highest BCUT2D eigenvalue weighted by molar-refractivity contribution is 6.35. The van der Waals surface area contributed by atoms with Gasteiger partial charge in [-0.05, 0) is 41.8 Å². The molecule has 0 fully saturated rings. The summed E-state index contributed by atoms with van der Waals surface area (Å²) in [5.74, 6) is -3.27. The van der Waals surface area contributed by atoms with Gasteiger partial charge in [0.2, 0.25) is 5.91 Å². The molecule has 2 aromatic carbocycles.